The van der Waals surface area contributed by atoms with Crippen molar-refractivity contribution < 1.29 is 4.52 Å². The van der Waals surface area contributed by atoms with Crippen molar-refractivity contribution in [3.63, 3.8) is 0 Å². The third-order valence-electron chi connectivity index (χ3n) is 4.40. The van der Waals surface area contributed by atoms with Crippen LogP contribution in [0.5, 0.6) is 0 Å². The first-order valence-corrected chi connectivity index (χ1v) is 7.95. The maximum Gasteiger partial charge on any atom is 0.266 e. The molecule has 0 aliphatic carbocycles. The predicted octanol–water partition coefficient (Wildman–Crippen LogP) is 2.91. The van der Waals surface area contributed by atoms with Crippen molar-refractivity contribution in [2.45, 2.75) is 32.4 Å². The molecule has 23 heavy (non-hydrogen) atoms. The van der Waals surface area contributed by atoms with E-state index in [0.717, 1.165) is 37.3 Å². The Morgan fingerprint density at radius 3 is 2.91 bits per heavy atom. The van der Waals surface area contributed by atoms with Gasteiger partial charge in [-0.15, -0.1) is 0 Å². The fraction of sp³-hybridized carbons (Fsp3) is 0.353. The van der Waals surface area contributed by atoms with Gasteiger partial charge in [0.1, 0.15) is 5.82 Å². The third kappa shape index (κ3) is 2.72. The molecule has 1 fully saturated rings. The van der Waals surface area contributed by atoms with E-state index in [2.05, 4.69) is 24.6 Å². The minimum atomic E-state index is 0.379. The van der Waals surface area contributed by atoms with Crippen molar-refractivity contribution in [3.8, 4) is 11.5 Å². The summed E-state index contributed by atoms with van der Waals surface area (Å²) in [6.07, 6.45) is 6.15. The summed E-state index contributed by atoms with van der Waals surface area (Å²) in [7, 11) is 0. The van der Waals surface area contributed by atoms with Gasteiger partial charge in [0.25, 0.3) is 11.8 Å². The summed E-state index contributed by atoms with van der Waals surface area (Å²) in [5.41, 5.74) is 0.951. The second-order valence-corrected chi connectivity index (χ2v) is 5.88. The highest BCUT2D eigenvalue weighted by Crippen LogP contribution is 2.27. The third-order valence-corrected chi connectivity index (χ3v) is 4.40. The first-order chi connectivity index (χ1) is 11.3. The van der Waals surface area contributed by atoms with Gasteiger partial charge < -0.3 is 14.0 Å². The molecule has 1 aromatic carbocycles. The van der Waals surface area contributed by atoms with E-state index in [4.69, 9.17) is 4.52 Å². The Morgan fingerprint density at radius 2 is 2.13 bits per heavy atom. The van der Waals surface area contributed by atoms with Gasteiger partial charge in [0, 0.05) is 31.0 Å². The minimum absolute atomic E-state index is 0.379. The lowest BCUT2D eigenvalue weighted by atomic mass is 10.2. The molecule has 3 heterocycles. The monoisotopic (exact) mass is 309 g/mol. The van der Waals surface area contributed by atoms with Gasteiger partial charge in [-0.3, -0.25) is 0 Å². The Kier molecular flexibility index (Phi) is 3.57. The molecule has 6 nitrogen and oxygen atoms in total. The zero-order valence-electron chi connectivity index (χ0n) is 13.1. The van der Waals surface area contributed by atoms with E-state index in [1.54, 1.807) is 0 Å². The molecule has 0 amide bonds. The molecule has 0 N–H and O–H groups in total. The van der Waals surface area contributed by atoms with Crippen LogP contribution in [0, 0.1) is 6.92 Å². The number of aryl methyl sites for hydroxylation is 1. The minimum Gasteiger partial charge on any atom is -0.333 e. The summed E-state index contributed by atoms with van der Waals surface area (Å²) >= 11 is 0. The van der Waals surface area contributed by atoms with Gasteiger partial charge in [-0.1, -0.05) is 18.2 Å². The first-order valence-electron chi connectivity index (χ1n) is 7.95. The van der Waals surface area contributed by atoms with E-state index in [0.29, 0.717) is 17.9 Å². The lowest BCUT2D eigenvalue weighted by molar-refractivity contribution is 0.426. The normalized spacial score (nSPS) is 17.8. The smallest absolute Gasteiger partial charge is 0.266 e. The number of hydrogen-bond donors (Lipinski definition) is 0. The second-order valence-electron chi connectivity index (χ2n) is 5.88. The summed E-state index contributed by atoms with van der Waals surface area (Å²) in [5.74, 6) is 2.30. The van der Waals surface area contributed by atoms with E-state index >= 15 is 0 Å². The van der Waals surface area contributed by atoms with Crippen LogP contribution in [0.4, 0.5) is 5.95 Å². The molecule has 3 aromatic rings. The van der Waals surface area contributed by atoms with Crippen molar-refractivity contribution in [1.29, 1.82) is 0 Å². The van der Waals surface area contributed by atoms with Crippen LogP contribution in [0.3, 0.4) is 0 Å². The van der Waals surface area contributed by atoms with Crippen molar-refractivity contribution in [2.24, 2.45) is 0 Å². The van der Waals surface area contributed by atoms with Gasteiger partial charge in [-0.05, 0) is 37.1 Å². The summed E-state index contributed by atoms with van der Waals surface area (Å²) in [5, 5.41) is 4.19. The maximum atomic E-state index is 5.45. The highest BCUT2D eigenvalue weighted by atomic mass is 16.5. The topological polar surface area (TPSA) is 60.0 Å². The molecule has 0 bridgehead atoms. The van der Waals surface area contributed by atoms with Gasteiger partial charge in [0.2, 0.25) is 0 Å². The van der Waals surface area contributed by atoms with Crippen LogP contribution in [0.1, 0.15) is 18.7 Å². The molecule has 1 aliphatic heterocycles. The molecule has 118 valence electrons. The maximum absolute atomic E-state index is 5.45. The molecule has 1 saturated heterocycles. The Labute approximate surface area is 134 Å². The zero-order valence-corrected chi connectivity index (χ0v) is 13.1. The van der Waals surface area contributed by atoms with Gasteiger partial charge in [0.15, 0.2) is 0 Å². The molecule has 1 aliphatic rings. The van der Waals surface area contributed by atoms with Crippen molar-refractivity contribution in [2.75, 3.05) is 11.4 Å². The van der Waals surface area contributed by atoms with Crippen molar-refractivity contribution >= 4 is 5.95 Å². The van der Waals surface area contributed by atoms with Crippen LogP contribution in [0.15, 0.2) is 47.2 Å². The van der Waals surface area contributed by atoms with Crippen molar-refractivity contribution in [3.05, 3.63) is 48.5 Å². The van der Waals surface area contributed by atoms with Crippen LogP contribution in [0.25, 0.3) is 11.5 Å². The number of nitrogens with zero attached hydrogens (tertiary/aromatic N) is 5. The lowest BCUT2D eigenvalue weighted by Gasteiger charge is -2.23. The highest BCUT2D eigenvalue weighted by molar-refractivity contribution is 5.54. The standard InChI is InChI=1S/C17H19N5O/c1-13-18-9-11-21(13)12-15-8-5-10-22(15)17-19-16(23-20-17)14-6-3-2-4-7-14/h2-4,6-7,9,11,15H,5,8,10,12H2,1H3. The van der Waals surface area contributed by atoms with Gasteiger partial charge >= 0.3 is 0 Å². The summed E-state index contributed by atoms with van der Waals surface area (Å²) in [4.78, 5) is 11.1. The van der Waals surface area contributed by atoms with E-state index in [1.807, 2.05) is 49.6 Å². The molecule has 0 radical (unpaired) electrons. The molecule has 1 unspecified atom stereocenters. The van der Waals surface area contributed by atoms with E-state index in [1.165, 1.54) is 0 Å². The number of imidazole rings is 1. The van der Waals surface area contributed by atoms with Crippen molar-refractivity contribution in [1.82, 2.24) is 19.7 Å². The summed E-state index contributed by atoms with van der Waals surface area (Å²) in [6.45, 7) is 3.90. The van der Waals surface area contributed by atoms with E-state index in [-0.39, 0.29) is 0 Å². The molecule has 4 rings (SSSR count). The molecule has 2 aromatic heterocycles. The highest BCUT2D eigenvalue weighted by Gasteiger charge is 2.29. The molecule has 0 saturated carbocycles. The number of anilines is 1. The largest absolute Gasteiger partial charge is 0.333 e. The Balaban J connectivity index is 1.55. The van der Waals surface area contributed by atoms with Gasteiger partial charge in [-0.2, -0.15) is 4.98 Å². The molecule has 1 atom stereocenters. The number of aromatic nitrogens is 4. The van der Waals surface area contributed by atoms with Gasteiger partial charge in [0.05, 0.1) is 6.04 Å². The quantitative estimate of drug-likeness (QED) is 0.741. The van der Waals surface area contributed by atoms with Crippen LogP contribution < -0.4 is 4.90 Å². The van der Waals surface area contributed by atoms with E-state index < -0.39 is 0 Å². The second kappa shape index (κ2) is 5.87. The Hall–Kier alpha value is -2.63. The zero-order chi connectivity index (χ0) is 15.6. The first kappa shape index (κ1) is 14.0. The fourth-order valence-corrected chi connectivity index (χ4v) is 3.14. The number of hydrogen-bond acceptors (Lipinski definition) is 5. The van der Waals surface area contributed by atoms with E-state index in [9.17, 15) is 0 Å². The van der Waals surface area contributed by atoms with Crippen LogP contribution >= 0.6 is 0 Å². The van der Waals surface area contributed by atoms with Gasteiger partial charge in [-0.25, -0.2) is 4.98 Å². The lowest BCUT2D eigenvalue weighted by Crippen LogP contribution is -2.33. The number of benzene rings is 1. The molecule has 0 spiro atoms. The van der Waals surface area contributed by atoms with Crippen LogP contribution in [-0.2, 0) is 6.54 Å². The SMILES string of the molecule is Cc1nccn1CC1CCCN1c1noc(-c2ccccc2)n1. The Bertz CT molecular complexity index is 779. The average Bonchev–Trinajstić information content (AvgIpc) is 3.30. The van der Waals surface area contributed by atoms with Crippen LogP contribution in [0.2, 0.25) is 0 Å². The average molecular weight is 309 g/mol. The molecule has 6 heteroatoms. The number of rotatable bonds is 4. The summed E-state index contributed by atoms with van der Waals surface area (Å²) < 4.78 is 7.63. The van der Waals surface area contributed by atoms with Crippen LogP contribution in [-0.4, -0.2) is 32.3 Å². The fourth-order valence-electron chi connectivity index (χ4n) is 3.14. The molecular formula is C17H19N5O. The predicted molar refractivity (Wildman–Crippen MR) is 87.1 cm³/mol. The Morgan fingerprint density at radius 1 is 1.26 bits per heavy atom. The summed E-state index contributed by atoms with van der Waals surface area (Å²) in [6, 6.07) is 10.3. The molecular weight excluding hydrogens is 290 g/mol.